The molecule has 130 valence electrons. The van der Waals surface area contributed by atoms with Gasteiger partial charge in [-0.2, -0.15) is 0 Å². The van der Waals surface area contributed by atoms with Crippen molar-refractivity contribution >= 4 is 45.5 Å². The molecule has 1 aromatic heterocycles. The molecule has 3 aromatic rings. The van der Waals surface area contributed by atoms with Crippen LogP contribution in [0.15, 0.2) is 90.8 Å². The molecule has 0 aliphatic carbocycles. The Morgan fingerprint density at radius 3 is 2.73 bits per heavy atom. The number of ether oxygens (including phenoxy) is 1. The summed E-state index contributed by atoms with van der Waals surface area (Å²) in [7, 11) is 0. The maximum Gasteiger partial charge on any atom is 0.193 e. The SMILES string of the molecule is C=C/C=C\C=C(\Cl)Oc1cc2ncccc2cc1Nc1ccccc1Cl. The highest BCUT2D eigenvalue weighted by atomic mass is 35.5. The van der Waals surface area contributed by atoms with Crippen molar-refractivity contribution < 1.29 is 4.74 Å². The first-order valence-corrected chi connectivity index (χ1v) is 8.66. The Kier molecular flexibility index (Phi) is 5.95. The molecule has 2 aromatic carbocycles. The fraction of sp³-hybridized carbons (Fsp3) is 0. The van der Waals surface area contributed by atoms with E-state index < -0.39 is 0 Å². The van der Waals surface area contributed by atoms with Crippen LogP contribution < -0.4 is 10.1 Å². The molecular weight excluding hydrogens is 367 g/mol. The summed E-state index contributed by atoms with van der Waals surface area (Å²) >= 11 is 12.5. The zero-order valence-electron chi connectivity index (χ0n) is 13.8. The number of hydrogen-bond acceptors (Lipinski definition) is 3. The van der Waals surface area contributed by atoms with E-state index in [-0.39, 0.29) is 5.22 Å². The topological polar surface area (TPSA) is 34.1 Å². The van der Waals surface area contributed by atoms with Crippen LogP contribution in [0.1, 0.15) is 0 Å². The van der Waals surface area contributed by atoms with Crippen LogP contribution in [-0.2, 0) is 0 Å². The van der Waals surface area contributed by atoms with Crippen molar-refractivity contribution in [2.45, 2.75) is 0 Å². The van der Waals surface area contributed by atoms with E-state index in [9.17, 15) is 0 Å². The summed E-state index contributed by atoms with van der Waals surface area (Å²) in [6.45, 7) is 3.61. The minimum absolute atomic E-state index is 0.223. The Hall–Kier alpha value is -2.75. The standard InChI is InChI=1S/C21H16Cl2N2O/c1-2-3-4-11-21(23)26-20-14-18-15(8-7-12-24-18)13-19(20)25-17-10-6-5-9-16(17)22/h2-14,25H,1H2/b4-3-,21-11-. The average Bonchev–Trinajstić information content (AvgIpc) is 2.64. The van der Waals surface area contributed by atoms with Gasteiger partial charge in [0.25, 0.3) is 0 Å². The number of nitrogens with zero attached hydrogens (tertiary/aromatic N) is 1. The minimum Gasteiger partial charge on any atom is -0.443 e. The van der Waals surface area contributed by atoms with Gasteiger partial charge in [0.05, 0.1) is 21.9 Å². The number of para-hydroxylation sites is 1. The van der Waals surface area contributed by atoms with Gasteiger partial charge in [-0.1, -0.05) is 54.6 Å². The van der Waals surface area contributed by atoms with Crippen LogP contribution in [0.4, 0.5) is 11.4 Å². The van der Waals surface area contributed by atoms with Crippen molar-refractivity contribution in [1.29, 1.82) is 0 Å². The molecule has 0 fully saturated rings. The van der Waals surface area contributed by atoms with Gasteiger partial charge in [-0.25, -0.2) is 0 Å². The van der Waals surface area contributed by atoms with Gasteiger partial charge >= 0.3 is 0 Å². The highest BCUT2D eigenvalue weighted by Crippen LogP contribution is 2.35. The summed E-state index contributed by atoms with van der Waals surface area (Å²) in [5, 5.41) is 5.11. The number of halogens is 2. The van der Waals surface area contributed by atoms with Crippen molar-refractivity contribution in [3.8, 4) is 5.75 Å². The number of fused-ring (bicyclic) bond motifs is 1. The quantitative estimate of drug-likeness (QED) is 0.374. The normalized spacial score (nSPS) is 11.7. The first kappa shape index (κ1) is 18.1. The van der Waals surface area contributed by atoms with Gasteiger partial charge in [-0.3, -0.25) is 4.98 Å². The zero-order valence-corrected chi connectivity index (χ0v) is 15.3. The van der Waals surface area contributed by atoms with Crippen LogP contribution >= 0.6 is 23.2 Å². The lowest BCUT2D eigenvalue weighted by molar-refractivity contribution is 0.465. The summed E-state index contributed by atoms with van der Waals surface area (Å²) in [4.78, 5) is 4.37. The maximum atomic E-state index is 6.26. The average molecular weight is 383 g/mol. The van der Waals surface area contributed by atoms with E-state index >= 15 is 0 Å². The van der Waals surface area contributed by atoms with Crippen LogP contribution in [0, 0.1) is 0 Å². The first-order chi connectivity index (χ1) is 12.7. The van der Waals surface area contributed by atoms with E-state index in [0.717, 1.165) is 22.3 Å². The molecular formula is C21H16Cl2N2O. The van der Waals surface area contributed by atoms with Crippen LogP contribution in [0.2, 0.25) is 5.02 Å². The predicted molar refractivity (Wildman–Crippen MR) is 110 cm³/mol. The molecule has 0 saturated heterocycles. The smallest absolute Gasteiger partial charge is 0.193 e. The second-order valence-corrected chi connectivity index (χ2v) is 6.12. The number of rotatable bonds is 6. The molecule has 3 nitrogen and oxygen atoms in total. The van der Waals surface area contributed by atoms with E-state index in [1.807, 2.05) is 48.5 Å². The summed E-state index contributed by atoms with van der Waals surface area (Å²) < 4.78 is 5.81. The van der Waals surface area contributed by atoms with E-state index in [1.54, 1.807) is 30.5 Å². The van der Waals surface area contributed by atoms with E-state index in [1.165, 1.54) is 0 Å². The minimum atomic E-state index is 0.223. The number of aromatic nitrogens is 1. The van der Waals surface area contributed by atoms with E-state index in [2.05, 4.69) is 16.9 Å². The highest BCUT2D eigenvalue weighted by Gasteiger charge is 2.10. The molecule has 0 aliphatic rings. The van der Waals surface area contributed by atoms with Crippen molar-refractivity contribution in [1.82, 2.24) is 4.98 Å². The lowest BCUT2D eigenvalue weighted by Gasteiger charge is -2.14. The molecule has 5 heteroatoms. The van der Waals surface area contributed by atoms with Gasteiger partial charge in [0, 0.05) is 17.6 Å². The molecule has 0 atom stereocenters. The molecule has 0 bridgehead atoms. The largest absolute Gasteiger partial charge is 0.443 e. The third kappa shape index (κ3) is 4.45. The zero-order chi connectivity index (χ0) is 18.4. The Bertz CT molecular complexity index is 996. The van der Waals surface area contributed by atoms with Crippen LogP contribution in [0.3, 0.4) is 0 Å². The lowest BCUT2D eigenvalue weighted by atomic mass is 10.1. The molecule has 0 amide bonds. The molecule has 0 unspecified atom stereocenters. The molecule has 3 rings (SSSR count). The van der Waals surface area contributed by atoms with E-state index in [0.29, 0.717) is 10.8 Å². The number of benzene rings is 2. The number of allylic oxidation sites excluding steroid dienone is 4. The van der Waals surface area contributed by atoms with E-state index in [4.69, 9.17) is 27.9 Å². The summed E-state index contributed by atoms with van der Waals surface area (Å²) in [5.41, 5.74) is 2.31. The fourth-order valence-corrected chi connectivity index (χ4v) is 2.68. The molecule has 0 aliphatic heterocycles. The summed E-state index contributed by atoms with van der Waals surface area (Å²) in [6.07, 6.45) is 8.54. The maximum absolute atomic E-state index is 6.26. The number of pyridine rings is 1. The third-order valence-electron chi connectivity index (χ3n) is 3.53. The summed E-state index contributed by atoms with van der Waals surface area (Å²) in [6, 6.07) is 15.1. The fourth-order valence-electron chi connectivity index (χ4n) is 2.34. The van der Waals surface area contributed by atoms with Crippen LogP contribution in [0.25, 0.3) is 10.9 Å². The Morgan fingerprint density at radius 1 is 1.08 bits per heavy atom. The van der Waals surface area contributed by atoms with Crippen LogP contribution in [-0.4, -0.2) is 4.98 Å². The first-order valence-electron chi connectivity index (χ1n) is 7.90. The van der Waals surface area contributed by atoms with Crippen molar-refractivity contribution in [2.75, 3.05) is 5.32 Å². The van der Waals surface area contributed by atoms with Crippen molar-refractivity contribution in [3.05, 3.63) is 95.9 Å². The lowest BCUT2D eigenvalue weighted by Crippen LogP contribution is -1.97. The second kappa shape index (κ2) is 8.56. The number of nitrogens with one attached hydrogen (secondary N) is 1. The van der Waals surface area contributed by atoms with Crippen molar-refractivity contribution in [3.63, 3.8) is 0 Å². The number of hydrogen-bond donors (Lipinski definition) is 1. The van der Waals surface area contributed by atoms with Crippen molar-refractivity contribution in [2.24, 2.45) is 0 Å². The molecule has 0 spiro atoms. The van der Waals surface area contributed by atoms with Gasteiger partial charge in [-0.15, -0.1) is 0 Å². The van der Waals surface area contributed by atoms with Gasteiger partial charge in [0.2, 0.25) is 0 Å². The van der Waals surface area contributed by atoms with Crippen LogP contribution in [0.5, 0.6) is 5.75 Å². The number of anilines is 2. The highest BCUT2D eigenvalue weighted by molar-refractivity contribution is 6.33. The molecule has 1 N–H and O–H groups in total. The Labute approximate surface area is 162 Å². The molecule has 0 saturated carbocycles. The van der Waals surface area contributed by atoms with Gasteiger partial charge in [0.1, 0.15) is 0 Å². The molecule has 26 heavy (non-hydrogen) atoms. The second-order valence-electron chi connectivity index (χ2n) is 5.34. The van der Waals surface area contributed by atoms with Gasteiger partial charge in [-0.05, 0) is 41.9 Å². The monoisotopic (exact) mass is 382 g/mol. The molecule has 0 radical (unpaired) electrons. The van der Waals surface area contributed by atoms with Gasteiger partial charge in [0.15, 0.2) is 11.0 Å². The molecule has 1 heterocycles. The Morgan fingerprint density at radius 2 is 1.92 bits per heavy atom. The Balaban J connectivity index is 2.01. The predicted octanol–water partition coefficient (Wildman–Crippen LogP) is 6.83. The third-order valence-corrected chi connectivity index (χ3v) is 4.06. The van der Waals surface area contributed by atoms with Gasteiger partial charge < -0.3 is 10.1 Å². The summed E-state index contributed by atoms with van der Waals surface area (Å²) in [5.74, 6) is 0.546.